The summed E-state index contributed by atoms with van der Waals surface area (Å²) in [5.74, 6) is 0.146. The van der Waals surface area contributed by atoms with Crippen LogP contribution in [0.2, 0.25) is 0 Å². The summed E-state index contributed by atoms with van der Waals surface area (Å²) < 4.78 is 1.50. The van der Waals surface area contributed by atoms with Gasteiger partial charge in [-0.3, -0.25) is 0 Å². The lowest BCUT2D eigenvalue weighted by Crippen LogP contribution is -2.07. The minimum absolute atomic E-state index is 0. The van der Waals surface area contributed by atoms with Crippen LogP contribution in [0.25, 0.3) is 5.82 Å². The molecule has 2 rings (SSSR count). The van der Waals surface area contributed by atoms with Crippen LogP contribution < -0.4 is 0 Å². The quantitative estimate of drug-likeness (QED) is 0.920. The van der Waals surface area contributed by atoms with E-state index in [1.807, 2.05) is 6.26 Å². The van der Waals surface area contributed by atoms with E-state index in [1.165, 1.54) is 35.2 Å². The average Bonchev–Trinajstić information content (AvgIpc) is 2.82. The Bertz CT molecular complexity index is 533. The molecule has 0 bridgehead atoms. The van der Waals surface area contributed by atoms with Gasteiger partial charge in [0.05, 0.1) is 11.3 Å². The minimum Gasteiger partial charge on any atom is -0.478 e. The fourth-order valence-electron chi connectivity index (χ4n) is 1.39. The van der Waals surface area contributed by atoms with E-state index >= 15 is 0 Å². The zero-order valence-corrected chi connectivity index (χ0v) is 11.1. The number of thioether (sulfide) groups is 1. The predicted octanol–water partition coefficient (Wildman–Crippen LogP) is 1.65. The zero-order chi connectivity index (χ0) is 12.3. The third kappa shape index (κ3) is 2.99. The Morgan fingerprint density at radius 1 is 1.50 bits per heavy atom. The maximum atomic E-state index is 11.0. The van der Waals surface area contributed by atoms with Gasteiger partial charge < -0.3 is 5.11 Å². The molecule has 18 heavy (non-hydrogen) atoms. The number of nitrogens with zero attached hydrogens (tertiary/aromatic N) is 4. The Kier molecular flexibility index (Phi) is 5.11. The monoisotopic (exact) mass is 286 g/mol. The van der Waals surface area contributed by atoms with Crippen molar-refractivity contribution < 1.29 is 9.90 Å². The Hall–Kier alpha value is -1.60. The second-order valence-electron chi connectivity index (χ2n) is 3.24. The first-order valence-corrected chi connectivity index (χ1v) is 6.19. The van der Waals surface area contributed by atoms with Crippen LogP contribution in [0.1, 0.15) is 16.1 Å². The lowest BCUT2D eigenvalue weighted by molar-refractivity contribution is 0.0695. The number of halogens is 1. The van der Waals surface area contributed by atoms with Gasteiger partial charge in [-0.25, -0.2) is 19.4 Å². The first-order chi connectivity index (χ1) is 8.22. The maximum Gasteiger partial charge on any atom is 0.337 e. The van der Waals surface area contributed by atoms with Gasteiger partial charge in [0.25, 0.3) is 0 Å². The molecular formula is C10H11ClN4O2S. The summed E-state index contributed by atoms with van der Waals surface area (Å²) in [6, 6.07) is 3.15. The second-order valence-corrected chi connectivity index (χ2v) is 4.11. The fraction of sp³-hybridized carbons (Fsp3) is 0.200. The molecule has 6 nitrogen and oxygen atoms in total. The molecule has 0 fully saturated rings. The third-order valence-electron chi connectivity index (χ3n) is 2.12. The van der Waals surface area contributed by atoms with E-state index in [4.69, 9.17) is 5.11 Å². The second kappa shape index (κ2) is 6.36. The molecule has 2 heterocycles. The topological polar surface area (TPSA) is 80.9 Å². The zero-order valence-electron chi connectivity index (χ0n) is 9.48. The van der Waals surface area contributed by atoms with Crippen LogP contribution in [-0.4, -0.2) is 37.1 Å². The van der Waals surface area contributed by atoms with Gasteiger partial charge in [-0.1, -0.05) is 0 Å². The van der Waals surface area contributed by atoms with Gasteiger partial charge in [0.2, 0.25) is 0 Å². The van der Waals surface area contributed by atoms with Crippen LogP contribution in [0.4, 0.5) is 0 Å². The largest absolute Gasteiger partial charge is 0.478 e. The standard InChI is InChI=1S/C10H10N4O2S.ClH/c1-17-4-8-7(10(15)16)2-3-9(13-8)14-6-11-5-12-14;/h2-3,5-6H,4H2,1H3,(H,15,16);1H. The smallest absolute Gasteiger partial charge is 0.337 e. The summed E-state index contributed by atoms with van der Waals surface area (Å²) >= 11 is 1.52. The number of hydrogen-bond donors (Lipinski definition) is 1. The van der Waals surface area contributed by atoms with Crippen LogP contribution in [0.15, 0.2) is 24.8 Å². The van der Waals surface area contributed by atoms with Crippen LogP contribution >= 0.6 is 24.2 Å². The van der Waals surface area contributed by atoms with Crippen molar-refractivity contribution >= 4 is 30.1 Å². The summed E-state index contributed by atoms with van der Waals surface area (Å²) in [4.78, 5) is 19.1. The number of aromatic carboxylic acids is 1. The van der Waals surface area contributed by atoms with Gasteiger partial charge in [-0.15, -0.1) is 12.4 Å². The highest BCUT2D eigenvalue weighted by Crippen LogP contribution is 2.15. The van der Waals surface area contributed by atoms with Crippen molar-refractivity contribution in [3.8, 4) is 5.82 Å². The molecule has 0 atom stereocenters. The highest BCUT2D eigenvalue weighted by atomic mass is 35.5. The molecule has 0 amide bonds. The molecule has 2 aromatic heterocycles. The molecule has 0 radical (unpaired) electrons. The summed E-state index contributed by atoms with van der Waals surface area (Å²) in [5, 5.41) is 13.0. The summed E-state index contributed by atoms with van der Waals surface area (Å²) in [7, 11) is 0. The van der Waals surface area contributed by atoms with E-state index in [2.05, 4.69) is 15.1 Å². The van der Waals surface area contributed by atoms with E-state index in [9.17, 15) is 4.79 Å². The Labute approximate surface area is 114 Å². The Morgan fingerprint density at radius 2 is 2.28 bits per heavy atom. The average molecular weight is 287 g/mol. The Morgan fingerprint density at radius 3 is 2.83 bits per heavy atom. The van der Waals surface area contributed by atoms with Gasteiger partial charge >= 0.3 is 5.97 Å². The van der Waals surface area contributed by atoms with Crippen molar-refractivity contribution in [2.75, 3.05) is 6.26 Å². The molecule has 0 aromatic carbocycles. The molecule has 1 N–H and O–H groups in total. The van der Waals surface area contributed by atoms with E-state index in [0.717, 1.165) is 0 Å². The van der Waals surface area contributed by atoms with Gasteiger partial charge in [0, 0.05) is 5.75 Å². The lowest BCUT2D eigenvalue weighted by atomic mass is 10.2. The Balaban J connectivity index is 0.00000162. The fourth-order valence-corrected chi connectivity index (χ4v) is 1.88. The van der Waals surface area contributed by atoms with Gasteiger partial charge in [-0.05, 0) is 18.4 Å². The molecule has 0 spiro atoms. The lowest BCUT2D eigenvalue weighted by Gasteiger charge is -2.06. The van der Waals surface area contributed by atoms with Crippen molar-refractivity contribution in [3.63, 3.8) is 0 Å². The van der Waals surface area contributed by atoms with Crippen LogP contribution in [0.3, 0.4) is 0 Å². The van der Waals surface area contributed by atoms with Crippen molar-refractivity contribution in [2.24, 2.45) is 0 Å². The SMILES string of the molecule is CSCc1nc(-n2cncn2)ccc1C(=O)O.Cl. The molecule has 96 valence electrons. The minimum atomic E-state index is -0.966. The van der Waals surface area contributed by atoms with Crippen LogP contribution in [-0.2, 0) is 5.75 Å². The molecule has 0 saturated carbocycles. The van der Waals surface area contributed by atoms with Crippen molar-refractivity contribution in [2.45, 2.75) is 5.75 Å². The van der Waals surface area contributed by atoms with E-state index in [-0.39, 0.29) is 18.0 Å². The number of rotatable bonds is 4. The van der Waals surface area contributed by atoms with Gasteiger partial charge in [-0.2, -0.15) is 16.9 Å². The predicted molar refractivity (Wildman–Crippen MR) is 70.6 cm³/mol. The molecule has 8 heteroatoms. The first-order valence-electron chi connectivity index (χ1n) is 4.79. The highest BCUT2D eigenvalue weighted by molar-refractivity contribution is 7.97. The number of carboxylic acids is 1. The van der Waals surface area contributed by atoms with Crippen molar-refractivity contribution in [3.05, 3.63) is 36.0 Å². The number of carboxylic acid groups (broad SMARTS) is 1. The molecular weight excluding hydrogens is 276 g/mol. The molecule has 0 aliphatic heterocycles. The molecule has 0 unspecified atom stereocenters. The number of pyridine rings is 1. The summed E-state index contributed by atoms with van der Waals surface area (Å²) in [6.45, 7) is 0. The molecule has 0 aliphatic rings. The van der Waals surface area contributed by atoms with Gasteiger partial charge in [0.1, 0.15) is 12.7 Å². The molecule has 2 aromatic rings. The molecule has 0 aliphatic carbocycles. The third-order valence-corrected chi connectivity index (χ3v) is 2.69. The van der Waals surface area contributed by atoms with E-state index < -0.39 is 5.97 Å². The normalized spacial score (nSPS) is 9.83. The van der Waals surface area contributed by atoms with Crippen molar-refractivity contribution in [1.82, 2.24) is 19.7 Å². The number of aromatic nitrogens is 4. The van der Waals surface area contributed by atoms with E-state index in [0.29, 0.717) is 17.3 Å². The van der Waals surface area contributed by atoms with Crippen LogP contribution in [0, 0.1) is 0 Å². The first kappa shape index (κ1) is 14.5. The number of carbonyl (C=O) groups is 1. The summed E-state index contributed by atoms with van der Waals surface area (Å²) in [5.41, 5.74) is 0.765. The maximum absolute atomic E-state index is 11.0. The van der Waals surface area contributed by atoms with E-state index in [1.54, 1.807) is 6.07 Å². The highest BCUT2D eigenvalue weighted by Gasteiger charge is 2.12. The van der Waals surface area contributed by atoms with Crippen molar-refractivity contribution in [1.29, 1.82) is 0 Å². The van der Waals surface area contributed by atoms with Crippen LogP contribution in [0.5, 0.6) is 0 Å². The molecule has 0 saturated heterocycles. The summed E-state index contributed by atoms with van der Waals surface area (Å²) in [6.07, 6.45) is 4.82. The van der Waals surface area contributed by atoms with Gasteiger partial charge in [0.15, 0.2) is 5.82 Å². The number of hydrogen-bond acceptors (Lipinski definition) is 5.